The van der Waals surface area contributed by atoms with Gasteiger partial charge in [0.15, 0.2) is 0 Å². The standard InChI is InChI=1S/C52H88NO7P/c1-6-8-10-12-14-16-18-20-22-24-26-27-28-29-31-33-35-37-39-41-43-45-52(54)60-51(50-59-61(55,56)58-48-46-53(3,4)5)49-57-47-44-42-40-38-36-34-32-30-25-23-21-19-17-15-13-11-9-7-2/h8-11,14-17,20-23,26-27,30,32,36,38,51H,6-7,12-13,18-19,24-25,28-29,31,33-35,37,39-50H2,1-5H3/b10-8-,11-9-,16-14-,17-15-,22-20-,23-21-,27-26-,32-30-,38-36-. The van der Waals surface area contributed by atoms with Crippen molar-refractivity contribution in [3.63, 3.8) is 0 Å². The lowest BCUT2D eigenvalue weighted by atomic mass is 10.1. The molecule has 0 bridgehead atoms. The van der Waals surface area contributed by atoms with Crippen LogP contribution >= 0.6 is 7.82 Å². The predicted octanol–water partition coefficient (Wildman–Crippen LogP) is 13.8. The third kappa shape index (κ3) is 48.1. The van der Waals surface area contributed by atoms with E-state index in [4.69, 9.17) is 18.5 Å². The largest absolute Gasteiger partial charge is 0.756 e. The zero-order valence-electron chi connectivity index (χ0n) is 39.3. The summed E-state index contributed by atoms with van der Waals surface area (Å²) in [4.78, 5) is 25.1. The Hall–Kier alpha value is -2.84. The molecule has 0 heterocycles. The number of rotatable bonds is 42. The first kappa shape index (κ1) is 58.2. The number of carbonyl (C=O) groups is 1. The van der Waals surface area contributed by atoms with Gasteiger partial charge in [0.05, 0.1) is 34.4 Å². The van der Waals surface area contributed by atoms with Gasteiger partial charge in [-0.15, -0.1) is 0 Å². The van der Waals surface area contributed by atoms with Crippen LogP contribution in [0, 0.1) is 0 Å². The second-order valence-electron chi connectivity index (χ2n) is 16.3. The molecule has 0 saturated carbocycles. The summed E-state index contributed by atoms with van der Waals surface area (Å²) in [6.45, 7) is 5.03. The maximum absolute atomic E-state index is 12.7. The number of allylic oxidation sites excluding steroid dienone is 18. The SMILES string of the molecule is CC/C=C\C/C=C\C/C=C\C/C=C\C/C=C\CCCCOCC(COP(=O)([O-])OCC[N+](C)(C)C)OC(=O)CCCCCCCCCC/C=C\C/C=C\C/C=C\C/C=C\CC. The maximum Gasteiger partial charge on any atom is 0.306 e. The first-order valence-electron chi connectivity index (χ1n) is 23.6. The van der Waals surface area contributed by atoms with E-state index in [1.165, 1.54) is 25.7 Å². The number of ether oxygens (including phenoxy) is 2. The van der Waals surface area contributed by atoms with E-state index < -0.39 is 13.9 Å². The van der Waals surface area contributed by atoms with Crippen LogP contribution in [-0.2, 0) is 27.9 Å². The molecule has 2 atom stereocenters. The minimum atomic E-state index is -4.55. The van der Waals surface area contributed by atoms with Gasteiger partial charge in [-0.3, -0.25) is 9.36 Å². The van der Waals surface area contributed by atoms with Gasteiger partial charge in [-0.2, -0.15) is 0 Å². The van der Waals surface area contributed by atoms with Crippen molar-refractivity contribution >= 4 is 13.8 Å². The fraction of sp³-hybridized carbons (Fsp3) is 0.635. The molecular weight excluding hydrogens is 782 g/mol. The average Bonchev–Trinajstić information content (AvgIpc) is 3.22. The van der Waals surface area contributed by atoms with Crippen molar-refractivity contribution in [3.8, 4) is 0 Å². The maximum atomic E-state index is 12.7. The lowest BCUT2D eigenvalue weighted by Gasteiger charge is -2.28. The lowest BCUT2D eigenvalue weighted by molar-refractivity contribution is -0.870. The van der Waals surface area contributed by atoms with Crippen molar-refractivity contribution in [2.75, 3.05) is 54.1 Å². The molecule has 348 valence electrons. The van der Waals surface area contributed by atoms with Crippen LogP contribution in [0.1, 0.15) is 155 Å². The number of hydrogen-bond acceptors (Lipinski definition) is 7. The summed E-state index contributed by atoms with van der Waals surface area (Å²) in [5.41, 5.74) is 0. The van der Waals surface area contributed by atoms with E-state index in [1.54, 1.807) is 0 Å². The predicted molar refractivity (Wildman–Crippen MR) is 258 cm³/mol. The molecule has 0 rings (SSSR count). The zero-order chi connectivity index (χ0) is 44.8. The van der Waals surface area contributed by atoms with Gasteiger partial charge in [0, 0.05) is 13.0 Å². The van der Waals surface area contributed by atoms with Crippen molar-refractivity contribution in [1.29, 1.82) is 0 Å². The van der Waals surface area contributed by atoms with E-state index in [2.05, 4.69) is 123 Å². The summed E-state index contributed by atoms with van der Waals surface area (Å²) in [5, 5.41) is 0. The highest BCUT2D eigenvalue weighted by Gasteiger charge is 2.20. The molecule has 0 aliphatic heterocycles. The van der Waals surface area contributed by atoms with Gasteiger partial charge < -0.3 is 27.9 Å². The lowest BCUT2D eigenvalue weighted by Crippen LogP contribution is -2.37. The number of likely N-dealkylation sites (N-methyl/N-ethyl adjacent to an activating group) is 1. The number of phosphoric ester groups is 1. The third-order valence-corrected chi connectivity index (χ3v) is 10.3. The number of nitrogens with zero attached hydrogens (tertiary/aromatic N) is 1. The summed E-state index contributed by atoms with van der Waals surface area (Å²) in [6, 6.07) is 0. The van der Waals surface area contributed by atoms with Crippen LogP contribution in [0.3, 0.4) is 0 Å². The summed E-state index contributed by atoms with van der Waals surface area (Å²) in [7, 11) is 1.30. The minimum absolute atomic E-state index is 0.00908. The van der Waals surface area contributed by atoms with Crippen LogP contribution < -0.4 is 4.89 Å². The molecule has 0 fully saturated rings. The van der Waals surface area contributed by atoms with Crippen molar-refractivity contribution in [3.05, 3.63) is 109 Å². The number of esters is 1. The number of quaternary nitrogens is 1. The van der Waals surface area contributed by atoms with Crippen LogP contribution in [0.2, 0.25) is 0 Å². The Bertz CT molecular complexity index is 1340. The molecule has 0 aliphatic carbocycles. The van der Waals surface area contributed by atoms with E-state index in [1.807, 2.05) is 21.1 Å². The molecule has 8 nitrogen and oxygen atoms in total. The Morgan fingerprint density at radius 1 is 0.508 bits per heavy atom. The fourth-order valence-corrected chi connectivity index (χ4v) is 6.47. The summed E-state index contributed by atoms with van der Waals surface area (Å²) >= 11 is 0. The molecule has 0 aromatic rings. The van der Waals surface area contributed by atoms with E-state index in [0.29, 0.717) is 17.6 Å². The Kier molecular flexibility index (Phi) is 41.8. The average molecular weight is 870 g/mol. The molecule has 0 aliphatic rings. The third-order valence-electron chi connectivity index (χ3n) is 9.32. The quantitative estimate of drug-likeness (QED) is 0.0198. The van der Waals surface area contributed by atoms with Gasteiger partial charge in [-0.1, -0.05) is 162 Å². The summed E-state index contributed by atoms with van der Waals surface area (Å²) in [5.74, 6) is -0.363. The first-order valence-corrected chi connectivity index (χ1v) is 25.1. The van der Waals surface area contributed by atoms with Crippen molar-refractivity contribution < 1.29 is 37.3 Å². The Morgan fingerprint density at radius 3 is 1.34 bits per heavy atom. The van der Waals surface area contributed by atoms with E-state index in [-0.39, 0.29) is 32.2 Å². The van der Waals surface area contributed by atoms with Gasteiger partial charge in [-0.25, -0.2) is 0 Å². The highest BCUT2D eigenvalue weighted by molar-refractivity contribution is 7.45. The van der Waals surface area contributed by atoms with E-state index in [0.717, 1.165) is 109 Å². The molecule has 0 spiro atoms. The van der Waals surface area contributed by atoms with Crippen molar-refractivity contribution in [2.45, 2.75) is 161 Å². The monoisotopic (exact) mass is 870 g/mol. The van der Waals surface area contributed by atoms with Crippen LogP contribution in [0.15, 0.2) is 109 Å². The molecule has 61 heavy (non-hydrogen) atoms. The van der Waals surface area contributed by atoms with E-state index in [9.17, 15) is 14.3 Å². The molecule has 2 unspecified atom stereocenters. The topological polar surface area (TPSA) is 94.1 Å². The van der Waals surface area contributed by atoms with E-state index >= 15 is 0 Å². The number of carbonyl (C=O) groups excluding carboxylic acids is 1. The normalized spacial score (nSPS) is 14.7. The highest BCUT2D eigenvalue weighted by Crippen LogP contribution is 2.38. The number of unbranched alkanes of at least 4 members (excludes halogenated alkanes) is 10. The smallest absolute Gasteiger partial charge is 0.306 e. The molecule has 0 amide bonds. The molecule has 0 saturated heterocycles. The van der Waals surface area contributed by atoms with Crippen molar-refractivity contribution in [2.24, 2.45) is 0 Å². The molecule has 0 N–H and O–H groups in total. The second-order valence-corrected chi connectivity index (χ2v) is 17.8. The second kappa shape index (κ2) is 43.8. The fourth-order valence-electron chi connectivity index (χ4n) is 5.74. The van der Waals surface area contributed by atoms with Gasteiger partial charge in [-0.05, 0) is 96.3 Å². The van der Waals surface area contributed by atoms with Gasteiger partial charge in [0.2, 0.25) is 0 Å². The number of hydrogen-bond donors (Lipinski definition) is 0. The van der Waals surface area contributed by atoms with Crippen LogP contribution in [-0.4, -0.2) is 70.7 Å². The first-order chi connectivity index (χ1) is 29.6. The molecular formula is C52H88NO7P. The Morgan fingerprint density at radius 2 is 0.902 bits per heavy atom. The zero-order valence-corrected chi connectivity index (χ0v) is 40.2. The van der Waals surface area contributed by atoms with Gasteiger partial charge in [0.25, 0.3) is 7.82 Å². The number of phosphoric acid groups is 1. The van der Waals surface area contributed by atoms with Gasteiger partial charge >= 0.3 is 5.97 Å². The molecule has 9 heteroatoms. The highest BCUT2D eigenvalue weighted by atomic mass is 31.2. The Balaban J connectivity index is 4.31. The molecule has 0 radical (unpaired) electrons. The minimum Gasteiger partial charge on any atom is -0.756 e. The van der Waals surface area contributed by atoms with Crippen LogP contribution in [0.25, 0.3) is 0 Å². The summed E-state index contributed by atoms with van der Waals surface area (Å²) < 4.78 is 34.6. The summed E-state index contributed by atoms with van der Waals surface area (Å²) in [6.07, 6.45) is 61.1. The molecule has 0 aromatic heterocycles. The van der Waals surface area contributed by atoms with Crippen molar-refractivity contribution in [1.82, 2.24) is 0 Å². The van der Waals surface area contributed by atoms with Crippen LogP contribution in [0.5, 0.6) is 0 Å². The molecule has 0 aromatic carbocycles. The van der Waals surface area contributed by atoms with Crippen LogP contribution in [0.4, 0.5) is 0 Å². The van der Waals surface area contributed by atoms with Gasteiger partial charge in [0.1, 0.15) is 19.3 Å². The Labute approximate surface area is 374 Å².